The summed E-state index contributed by atoms with van der Waals surface area (Å²) in [6.45, 7) is 12.5. The number of phenols is 3. The van der Waals surface area contributed by atoms with Gasteiger partial charge in [-0.2, -0.15) is 10.2 Å². The number of carbonyl (C=O) groups excluding carboxylic acids is 3. The van der Waals surface area contributed by atoms with Crippen LogP contribution in [-0.2, 0) is 23.8 Å². The van der Waals surface area contributed by atoms with Crippen molar-refractivity contribution in [3.63, 3.8) is 0 Å². The van der Waals surface area contributed by atoms with E-state index in [2.05, 4.69) is 15.5 Å². The number of benzene rings is 2. The van der Waals surface area contributed by atoms with E-state index in [-0.39, 0.29) is 44.5 Å². The number of hydrogen-bond donors (Lipinski definition) is 6. The molecule has 3 heterocycles. The van der Waals surface area contributed by atoms with Gasteiger partial charge < -0.3 is 49.8 Å². The smallest absolute Gasteiger partial charge is 0.312 e. The average Bonchev–Trinajstić information content (AvgIpc) is 3.47. The second-order valence-electron chi connectivity index (χ2n) is 16.8. The summed E-state index contributed by atoms with van der Waals surface area (Å²) < 4.78 is 23.6. The first-order chi connectivity index (χ1) is 28.8. The predicted molar refractivity (Wildman–Crippen MR) is 231 cm³/mol. The molecule has 3 aliphatic heterocycles. The van der Waals surface area contributed by atoms with Crippen molar-refractivity contribution in [2.45, 2.75) is 131 Å². The van der Waals surface area contributed by atoms with Gasteiger partial charge in [0.2, 0.25) is 0 Å². The van der Waals surface area contributed by atoms with Gasteiger partial charge in [-0.15, -0.1) is 0 Å². The highest BCUT2D eigenvalue weighted by atomic mass is 16.7. The van der Waals surface area contributed by atoms with Gasteiger partial charge in [0.1, 0.15) is 23.4 Å². The molecule has 0 spiro atoms. The molecule has 2 aromatic rings. The van der Waals surface area contributed by atoms with Gasteiger partial charge in [0.05, 0.1) is 53.0 Å². The van der Waals surface area contributed by atoms with Crippen molar-refractivity contribution in [3.8, 4) is 23.0 Å². The van der Waals surface area contributed by atoms with Gasteiger partial charge in [-0.05, 0) is 45.6 Å². The first-order valence-corrected chi connectivity index (χ1v) is 21.0. The number of ketones is 1. The minimum Gasteiger partial charge on any atom is -0.507 e. The molecule has 332 valence electrons. The summed E-state index contributed by atoms with van der Waals surface area (Å²) in [4.78, 5) is 40.6. The quantitative estimate of drug-likeness (QED) is 0.0587. The van der Waals surface area contributed by atoms with Gasteiger partial charge in [0.25, 0.3) is 11.7 Å². The maximum absolute atomic E-state index is 14.5. The maximum Gasteiger partial charge on any atom is 0.312 e. The average molecular weight is 848 g/mol. The fourth-order valence-electron chi connectivity index (χ4n) is 8.45. The molecular formula is C46H61N3O12. The lowest BCUT2D eigenvalue weighted by Gasteiger charge is -2.38. The summed E-state index contributed by atoms with van der Waals surface area (Å²) in [7, 11) is 1.44. The zero-order chi connectivity index (χ0) is 44.9. The molecule has 6 N–H and O–H groups in total. The zero-order valence-corrected chi connectivity index (χ0v) is 36.5. The number of esters is 1. The topological polar surface area (TPSA) is 226 Å². The molecule has 15 heteroatoms. The molecule has 4 aliphatic rings. The summed E-state index contributed by atoms with van der Waals surface area (Å²) in [5.41, 5.74) is 0.411. The molecule has 2 aromatic carbocycles. The van der Waals surface area contributed by atoms with Crippen molar-refractivity contribution >= 4 is 46.0 Å². The number of ether oxygens (including phenoxy) is 4. The number of hydrogen-bond acceptors (Lipinski definition) is 14. The minimum atomic E-state index is -2.05. The van der Waals surface area contributed by atoms with Crippen molar-refractivity contribution < 1.29 is 58.9 Å². The molecule has 9 unspecified atom stereocenters. The normalized spacial score (nSPS) is 31.4. The number of fused-ring (bicyclic) bond motifs is 14. The zero-order valence-electron chi connectivity index (χ0n) is 36.5. The molecule has 1 aliphatic carbocycles. The number of methoxy groups -OCH3 is 1. The highest BCUT2D eigenvalue weighted by Gasteiger charge is 2.50. The van der Waals surface area contributed by atoms with E-state index < -0.39 is 88.8 Å². The van der Waals surface area contributed by atoms with Crippen LogP contribution in [-0.4, -0.2) is 92.4 Å². The fraction of sp³-hybridized carbons (Fsp3) is 0.543. The number of aliphatic hydroxyl groups is 2. The number of carbonyl (C=O) groups is 3. The Morgan fingerprint density at radius 1 is 0.902 bits per heavy atom. The lowest BCUT2D eigenvalue weighted by atomic mass is 9.78. The molecule has 9 atom stereocenters. The van der Waals surface area contributed by atoms with Gasteiger partial charge in [0.15, 0.2) is 5.75 Å². The molecule has 61 heavy (non-hydrogen) atoms. The number of amides is 1. The third kappa shape index (κ3) is 9.79. The number of rotatable bonds is 4. The highest BCUT2D eigenvalue weighted by Crippen LogP contribution is 2.55. The Morgan fingerprint density at radius 2 is 1.56 bits per heavy atom. The molecule has 1 saturated carbocycles. The van der Waals surface area contributed by atoms with E-state index in [9.17, 15) is 39.9 Å². The van der Waals surface area contributed by atoms with Crippen LogP contribution in [0, 0.1) is 30.6 Å². The molecule has 0 radical (unpaired) electrons. The van der Waals surface area contributed by atoms with Crippen molar-refractivity contribution in [2.75, 3.05) is 12.4 Å². The van der Waals surface area contributed by atoms with E-state index in [0.29, 0.717) is 0 Å². The monoisotopic (exact) mass is 847 g/mol. The van der Waals surface area contributed by atoms with Crippen molar-refractivity contribution in [1.82, 2.24) is 0 Å². The summed E-state index contributed by atoms with van der Waals surface area (Å²) in [6, 6.07) is 0. The number of nitrogens with zero attached hydrogens (tertiary/aromatic N) is 2. The lowest BCUT2D eigenvalue weighted by molar-refractivity contribution is -0.160. The number of allylic oxidation sites excluding steroid dienone is 2. The molecule has 6 rings (SSSR count). The van der Waals surface area contributed by atoms with Crippen molar-refractivity contribution in [2.24, 2.45) is 33.9 Å². The first kappa shape index (κ1) is 46.8. The molecule has 0 saturated heterocycles. The van der Waals surface area contributed by atoms with Gasteiger partial charge in [-0.3, -0.25) is 14.4 Å². The second kappa shape index (κ2) is 19.6. The summed E-state index contributed by atoms with van der Waals surface area (Å²) in [5, 5.41) is 69.3. The van der Waals surface area contributed by atoms with Crippen molar-refractivity contribution in [1.29, 1.82) is 0 Å². The Balaban J connectivity index is 1.71. The Morgan fingerprint density at radius 3 is 2.20 bits per heavy atom. The second-order valence-corrected chi connectivity index (χ2v) is 16.8. The van der Waals surface area contributed by atoms with Crippen molar-refractivity contribution in [3.05, 3.63) is 52.8 Å². The van der Waals surface area contributed by atoms with Gasteiger partial charge in [-0.25, -0.2) is 0 Å². The standard InChI is InChI=1S/C46H61N3O12/c1-23-16-15-17-24(2)45(57)48-36-31(22-47-49-30-18-13-11-10-12-14-19-30)40(54)33-34(41(36)55)39(53)28(6)43-35(33)44(56)46(8,61-43)59-21-20-32(58-9)25(3)42(60-29(7)50)27(5)38(52)26(4)37(23)51/h15-17,20-23,25-27,32,37-38,42,51-55H,10-14,18-19H2,1-9H3,(H,48,57)/b16-15+,21-20+,24-17-,47-22+. The molecule has 1 amide bonds. The fourth-order valence-corrected chi connectivity index (χ4v) is 8.45. The minimum absolute atomic E-state index is 0.0497. The Bertz CT molecular complexity index is 2150. The molecule has 5 bridgehead atoms. The summed E-state index contributed by atoms with van der Waals surface area (Å²) in [6.07, 6.45) is 11.5. The highest BCUT2D eigenvalue weighted by molar-refractivity contribution is 6.24. The Labute approximate surface area is 356 Å². The molecule has 0 aromatic heterocycles. The van der Waals surface area contributed by atoms with E-state index >= 15 is 0 Å². The largest absolute Gasteiger partial charge is 0.507 e. The predicted octanol–water partition coefficient (Wildman–Crippen LogP) is 7.27. The number of phenolic OH excluding ortho intramolecular Hbond substituents is 3. The van der Waals surface area contributed by atoms with E-state index in [1.165, 1.54) is 59.4 Å². The van der Waals surface area contributed by atoms with Crippen LogP contribution in [0.1, 0.15) is 115 Å². The number of aliphatic hydroxyl groups excluding tert-OH is 2. The van der Waals surface area contributed by atoms with E-state index in [4.69, 9.17) is 18.9 Å². The number of aromatic hydroxyl groups is 3. The number of Topliss-reactive ketones (excluding diaryl/α,β-unsaturated/α-hetero) is 1. The maximum atomic E-state index is 14.5. The van der Waals surface area contributed by atoms with Crippen LogP contribution in [0.5, 0.6) is 23.0 Å². The van der Waals surface area contributed by atoms with E-state index in [1.54, 1.807) is 39.8 Å². The third-order valence-electron chi connectivity index (χ3n) is 12.3. The SMILES string of the molecule is COC1/C=C/OC2(C)Oc3c(C)c(O)c4c(O)c(c(/C=N/N=C5CCCCCCC5)c(O)c4c3C2=O)NC(=O)/C(C)=C\C=C\C(C)C(O)C(C)C(O)C(C)C(OC(C)=O)C1C. The van der Waals surface area contributed by atoms with Gasteiger partial charge in [-0.1, -0.05) is 65.2 Å². The summed E-state index contributed by atoms with van der Waals surface area (Å²) >= 11 is 0. The Hall–Kier alpha value is -5.25. The molecule has 15 nitrogen and oxygen atoms in total. The third-order valence-corrected chi connectivity index (χ3v) is 12.3. The summed E-state index contributed by atoms with van der Waals surface area (Å²) in [5.74, 6) is -8.45. The van der Waals surface area contributed by atoms with E-state index in [1.807, 2.05) is 0 Å². The van der Waals surface area contributed by atoms with Crippen LogP contribution in [0.2, 0.25) is 0 Å². The number of nitrogens with one attached hydrogen (secondary N) is 1. The van der Waals surface area contributed by atoms with Crippen LogP contribution in [0.4, 0.5) is 5.69 Å². The molecule has 1 fully saturated rings. The van der Waals surface area contributed by atoms with E-state index in [0.717, 1.165) is 50.7 Å². The van der Waals surface area contributed by atoms with Crippen LogP contribution < -0.4 is 10.1 Å². The Kier molecular flexibility index (Phi) is 15.1. The van der Waals surface area contributed by atoms with Gasteiger partial charge >= 0.3 is 11.8 Å². The first-order valence-electron chi connectivity index (χ1n) is 21.0. The number of anilines is 1. The van der Waals surface area contributed by atoms with Gasteiger partial charge in [0, 0.05) is 66.9 Å². The molecular weight excluding hydrogens is 787 g/mol. The van der Waals surface area contributed by atoms with Crippen LogP contribution in [0.25, 0.3) is 10.8 Å². The lowest BCUT2D eigenvalue weighted by Crippen LogP contribution is -2.46. The van der Waals surface area contributed by atoms with Crippen LogP contribution in [0.3, 0.4) is 0 Å². The van der Waals surface area contributed by atoms with Crippen LogP contribution in [0.15, 0.2) is 46.3 Å². The van der Waals surface area contributed by atoms with Crippen LogP contribution >= 0.6 is 0 Å².